The zero-order chi connectivity index (χ0) is 8.97. The standard InChI is InChI=1S/C10H18N2/c1-8(2)5-10-6-9(3-4-11)7-12-10/h6-8,12H,3-5,11H2,1-2H3. The first-order valence-electron chi connectivity index (χ1n) is 4.58. The van der Waals surface area contributed by atoms with Gasteiger partial charge in [0, 0.05) is 11.9 Å². The van der Waals surface area contributed by atoms with E-state index in [1.165, 1.54) is 11.3 Å². The van der Waals surface area contributed by atoms with E-state index in [4.69, 9.17) is 5.73 Å². The number of nitrogens with one attached hydrogen (secondary N) is 1. The number of hydrogen-bond acceptors (Lipinski definition) is 1. The lowest BCUT2D eigenvalue weighted by Crippen LogP contribution is -2.01. The van der Waals surface area contributed by atoms with Crippen molar-refractivity contribution in [3.63, 3.8) is 0 Å². The molecule has 0 saturated carbocycles. The van der Waals surface area contributed by atoms with E-state index in [1.54, 1.807) is 0 Å². The molecular formula is C10H18N2. The van der Waals surface area contributed by atoms with E-state index < -0.39 is 0 Å². The molecule has 2 heteroatoms. The second-order valence-corrected chi connectivity index (χ2v) is 3.67. The van der Waals surface area contributed by atoms with Gasteiger partial charge in [0.05, 0.1) is 0 Å². The van der Waals surface area contributed by atoms with Crippen LogP contribution in [0.25, 0.3) is 0 Å². The lowest BCUT2D eigenvalue weighted by atomic mass is 10.1. The monoisotopic (exact) mass is 166 g/mol. The molecule has 12 heavy (non-hydrogen) atoms. The van der Waals surface area contributed by atoms with Gasteiger partial charge in [-0.3, -0.25) is 0 Å². The predicted octanol–water partition coefficient (Wildman–Crippen LogP) is 1.71. The Bertz CT molecular complexity index is 225. The minimum atomic E-state index is 0.717. The lowest BCUT2D eigenvalue weighted by molar-refractivity contribution is 0.638. The Kier molecular flexibility index (Phi) is 3.35. The van der Waals surface area contributed by atoms with Crippen molar-refractivity contribution in [1.82, 2.24) is 4.98 Å². The van der Waals surface area contributed by atoms with Crippen LogP contribution in [0.2, 0.25) is 0 Å². The lowest BCUT2D eigenvalue weighted by Gasteiger charge is -1.99. The summed E-state index contributed by atoms with van der Waals surface area (Å²) in [5, 5.41) is 0. The molecule has 3 N–H and O–H groups in total. The molecule has 0 bridgehead atoms. The summed E-state index contributed by atoms with van der Waals surface area (Å²) in [6.45, 7) is 5.19. The molecule has 1 aromatic heterocycles. The van der Waals surface area contributed by atoms with E-state index in [2.05, 4.69) is 31.1 Å². The van der Waals surface area contributed by atoms with E-state index in [0.717, 1.165) is 25.3 Å². The van der Waals surface area contributed by atoms with Gasteiger partial charge in [0.1, 0.15) is 0 Å². The molecule has 0 amide bonds. The van der Waals surface area contributed by atoms with Gasteiger partial charge in [-0.2, -0.15) is 0 Å². The van der Waals surface area contributed by atoms with Crippen molar-refractivity contribution in [2.75, 3.05) is 6.54 Å². The Morgan fingerprint density at radius 1 is 1.50 bits per heavy atom. The van der Waals surface area contributed by atoms with Crippen molar-refractivity contribution in [2.45, 2.75) is 26.7 Å². The molecule has 1 aromatic rings. The van der Waals surface area contributed by atoms with Gasteiger partial charge in [-0.1, -0.05) is 13.8 Å². The molecule has 1 heterocycles. The molecule has 0 fully saturated rings. The van der Waals surface area contributed by atoms with Crippen molar-refractivity contribution in [3.8, 4) is 0 Å². The minimum absolute atomic E-state index is 0.717. The molecule has 0 aliphatic carbocycles. The Balaban J connectivity index is 2.52. The van der Waals surface area contributed by atoms with Crippen molar-refractivity contribution in [1.29, 1.82) is 0 Å². The van der Waals surface area contributed by atoms with Crippen LogP contribution in [-0.2, 0) is 12.8 Å². The second-order valence-electron chi connectivity index (χ2n) is 3.67. The summed E-state index contributed by atoms with van der Waals surface area (Å²) in [4.78, 5) is 3.27. The number of aromatic nitrogens is 1. The number of rotatable bonds is 4. The van der Waals surface area contributed by atoms with Crippen LogP contribution in [-0.4, -0.2) is 11.5 Å². The fourth-order valence-electron chi connectivity index (χ4n) is 1.36. The van der Waals surface area contributed by atoms with Gasteiger partial charge >= 0.3 is 0 Å². The fraction of sp³-hybridized carbons (Fsp3) is 0.600. The Morgan fingerprint density at radius 2 is 2.25 bits per heavy atom. The molecular weight excluding hydrogens is 148 g/mol. The second kappa shape index (κ2) is 4.31. The molecule has 0 aromatic carbocycles. The van der Waals surface area contributed by atoms with Crippen LogP contribution in [0.5, 0.6) is 0 Å². The van der Waals surface area contributed by atoms with Gasteiger partial charge < -0.3 is 10.7 Å². The van der Waals surface area contributed by atoms with Crippen LogP contribution in [0, 0.1) is 5.92 Å². The Labute approximate surface area is 74.2 Å². The third-order valence-electron chi connectivity index (χ3n) is 1.86. The highest BCUT2D eigenvalue weighted by atomic mass is 14.7. The van der Waals surface area contributed by atoms with Crippen LogP contribution >= 0.6 is 0 Å². The smallest absolute Gasteiger partial charge is 0.0152 e. The highest BCUT2D eigenvalue weighted by Gasteiger charge is 2.00. The molecule has 0 atom stereocenters. The first-order chi connectivity index (χ1) is 5.72. The van der Waals surface area contributed by atoms with Crippen molar-refractivity contribution >= 4 is 0 Å². The van der Waals surface area contributed by atoms with Crippen LogP contribution in [0.4, 0.5) is 0 Å². The molecule has 2 nitrogen and oxygen atoms in total. The van der Waals surface area contributed by atoms with Gasteiger partial charge in [-0.05, 0) is 36.9 Å². The van der Waals surface area contributed by atoms with Gasteiger partial charge in [-0.25, -0.2) is 0 Å². The summed E-state index contributed by atoms with van der Waals surface area (Å²) < 4.78 is 0. The van der Waals surface area contributed by atoms with E-state index in [0.29, 0.717) is 0 Å². The van der Waals surface area contributed by atoms with Gasteiger partial charge in [0.2, 0.25) is 0 Å². The summed E-state index contributed by atoms with van der Waals surface area (Å²) in [6, 6.07) is 2.22. The number of hydrogen-bond donors (Lipinski definition) is 2. The van der Waals surface area contributed by atoms with E-state index >= 15 is 0 Å². The SMILES string of the molecule is CC(C)Cc1cc(CCN)c[nH]1. The highest BCUT2D eigenvalue weighted by molar-refractivity contribution is 5.17. The average molecular weight is 166 g/mol. The molecule has 0 aliphatic rings. The topological polar surface area (TPSA) is 41.8 Å². The molecule has 68 valence electrons. The maximum Gasteiger partial charge on any atom is 0.0152 e. The first kappa shape index (κ1) is 9.33. The zero-order valence-corrected chi connectivity index (χ0v) is 7.93. The van der Waals surface area contributed by atoms with Crippen molar-refractivity contribution < 1.29 is 0 Å². The molecule has 0 aliphatic heterocycles. The van der Waals surface area contributed by atoms with Gasteiger partial charge in [-0.15, -0.1) is 0 Å². The average Bonchev–Trinajstić information content (AvgIpc) is 2.36. The number of aromatic amines is 1. The quantitative estimate of drug-likeness (QED) is 0.702. The summed E-state index contributed by atoms with van der Waals surface area (Å²) in [6.07, 6.45) is 4.17. The first-order valence-corrected chi connectivity index (χ1v) is 4.58. The maximum absolute atomic E-state index is 5.46. The van der Waals surface area contributed by atoms with Crippen molar-refractivity contribution in [2.24, 2.45) is 11.7 Å². The molecule has 1 rings (SSSR count). The van der Waals surface area contributed by atoms with Crippen molar-refractivity contribution in [3.05, 3.63) is 23.5 Å². The molecule has 0 spiro atoms. The molecule has 0 unspecified atom stereocenters. The Hall–Kier alpha value is -0.760. The highest BCUT2D eigenvalue weighted by Crippen LogP contribution is 2.08. The summed E-state index contributed by atoms with van der Waals surface area (Å²) in [5.74, 6) is 0.717. The van der Waals surface area contributed by atoms with E-state index in [-0.39, 0.29) is 0 Å². The molecule has 0 saturated heterocycles. The van der Waals surface area contributed by atoms with Gasteiger partial charge in [0.25, 0.3) is 0 Å². The Morgan fingerprint density at radius 3 is 2.83 bits per heavy atom. The van der Waals surface area contributed by atoms with Crippen LogP contribution < -0.4 is 5.73 Å². The van der Waals surface area contributed by atoms with E-state index in [9.17, 15) is 0 Å². The third-order valence-corrected chi connectivity index (χ3v) is 1.86. The minimum Gasteiger partial charge on any atom is -0.365 e. The van der Waals surface area contributed by atoms with Crippen LogP contribution in [0.3, 0.4) is 0 Å². The fourth-order valence-corrected chi connectivity index (χ4v) is 1.36. The summed E-state index contributed by atoms with van der Waals surface area (Å²) in [5.41, 5.74) is 8.11. The third kappa shape index (κ3) is 2.70. The van der Waals surface area contributed by atoms with Crippen LogP contribution in [0.1, 0.15) is 25.1 Å². The summed E-state index contributed by atoms with van der Waals surface area (Å²) in [7, 11) is 0. The van der Waals surface area contributed by atoms with Gasteiger partial charge in [0.15, 0.2) is 0 Å². The number of nitrogens with two attached hydrogens (primary N) is 1. The van der Waals surface area contributed by atoms with E-state index in [1.807, 2.05) is 0 Å². The summed E-state index contributed by atoms with van der Waals surface area (Å²) >= 11 is 0. The number of H-pyrrole nitrogens is 1. The maximum atomic E-state index is 5.46. The van der Waals surface area contributed by atoms with Crippen LogP contribution in [0.15, 0.2) is 12.3 Å². The molecule has 0 radical (unpaired) electrons. The normalized spacial score (nSPS) is 11.0. The predicted molar refractivity (Wildman–Crippen MR) is 52.1 cm³/mol. The largest absolute Gasteiger partial charge is 0.365 e. The zero-order valence-electron chi connectivity index (χ0n) is 7.93.